The van der Waals surface area contributed by atoms with Gasteiger partial charge >= 0.3 is 0 Å². The summed E-state index contributed by atoms with van der Waals surface area (Å²) in [6.45, 7) is 0. The van der Waals surface area contributed by atoms with Crippen molar-refractivity contribution in [1.82, 2.24) is 0 Å². The predicted octanol–water partition coefficient (Wildman–Crippen LogP) is 3.79. The van der Waals surface area contributed by atoms with E-state index in [1.807, 2.05) is 18.2 Å². The van der Waals surface area contributed by atoms with Crippen LogP contribution in [0.25, 0.3) is 0 Å². The van der Waals surface area contributed by atoms with Crippen LogP contribution in [0.4, 0.5) is 0 Å². The lowest BCUT2D eigenvalue weighted by Crippen LogP contribution is -1.90. The molecule has 1 aliphatic carbocycles. The molecule has 68 valence electrons. The largest absolute Gasteiger partial charge is 0.282 e. The Morgan fingerprint density at radius 2 is 2.15 bits per heavy atom. The van der Waals surface area contributed by atoms with Crippen molar-refractivity contribution in [3.05, 3.63) is 34.3 Å². The summed E-state index contributed by atoms with van der Waals surface area (Å²) in [6, 6.07) is 5.76. The molecular formula is C10H8ClIO. The van der Waals surface area contributed by atoms with E-state index in [2.05, 4.69) is 0 Å². The Hall–Kier alpha value is -0.0900. The number of carbonyl (C=O) groups excluding carboxylic acids is 1. The van der Waals surface area contributed by atoms with Crippen molar-refractivity contribution in [2.24, 2.45) is 0 Å². The van der Waals surface area contributed by atoms with Crippen LogP contribution < -0.4 is 0 Å². The molecule has 0 bridgehead atoms. The topological polar surface area (TPSA) is 17.1 Å². The second-order valence-electron chi connectivity index (χ2n) is 3.29. The zero-order valence-electron chi connectivity index (χ0n) is 6.89. The van der Waals surface area contributed by atoms with E-state index in [9.17, 15) is 4.79 Å². The van der Waals surface area contributed by atoms with Crippen molar-refractivity contribution in [3.63, 3.8) is 0 Å². The molecule has 0 atom stereocenters. The smallest absolute Gasteiger partial charge is 0.223 e. The van der Waals surface area contributed by atoms with Crippen molar-refractivity contribution in [1.29, 1.82) is 0 Å². The maximum atomic E-state index is 11.1. The van der Waals surface area contributed by atoms with E-state index in [0.717, 1.165) is 0 Å². The molecule has 0 saturated heterocycles. The Labute approximate surface area is 95.6 Å². The van der Waals surface area contributed by atoms with Gasteiger partial charge in [-0.25, -0.2) is 0 Å². The molecule has 1 nitrogen and oxygen atoms in total. The first-order valence-corrected chi connectivity index (χ1v) is 5.63. The third kappa shape index (κ3) is 2.05. The first-order chi connectivity index (χ1) is 6.18. The van der Waals surface area contributed by atoms with E-state index in [-0.39, 0.29) is 3.79 Å². The molecule has 1 saturated carbocycles. The summed E-state index contributed by atoms with van der Waals surface area (Å²) in [5.74, 6) is 0.691. The maximum absolute atomic E-state index is 11.1. The van der Waals surface area contributed by atoms with Gasteiger partial charge < -0.3 is 0 Å². The highest BCUT2D eigenvalue weighted by atomic mass is 127. The number of hydrogen-bond donors (Lipinski definition) is 0. The Balaban J connectivity index is 2.36. The maximum Gasteiger partial charge on any atom is 0.223 e. The fourth-order valence-corrected chi connectivity index (χ4v) is 2.27. The van der Waals surface area contributed by atoms with Gasteiger partial charge in [0.25, 0.3) is 0 Å². The number of halogens is 2. The molecule has 0 aromatic heterocycles. The van der Waals surface area contributed by atoms with E-state index in [0.29, 0.717) is 16.5 Å². The molecule has 1 fully saturated rings. The van der Waals surface area contributed by atoms with Gasteiger partial charge in [0.1, 0.15) is 0 Å². The van der Waals surface area contributed by atoms with Crippen LogP contribution in [0.15, 0.2) is 18.2 Å². The summed E-state index contributed by atoms with van der Waals surface area (Å²) in [7, 11) is 0. The first kappa shape index (κ1) is 9.46. The molecule has 0 radical (unpaired) electrons. The van der Waals surface area contributed by atoms with Crippen LogP contribution in [-0.2, 0) is 0 Å². The van der Waals surface area contributed by atoms with Gasteiger partial charge in [0, 0.05) is 28.2 Å². The fraction of sp³-hybridized carbons (Fsp3) is 0.300. The van der Waals surface area contributed by atoms with Crippen molar-refractivity contribution in [2.75, 3.05) is 0 Å². The van der Waals surface area contributed by atoms with Crippen LogP contribution in [0.1, 0.15) is 34.7 Å². The van der Waals surface area contributed by atoms with E-state index >= 15 is 0 Å². The monoisotopic (exact) mass is 306 g/mol. The normalized spacial score (nSPS) is 15.8. The molecule has 3 heteroatoms. The minimum absolute atomic E-state index is 0.00458. The number of carbonyl (C=O) groups is 1. The minimum atomic E-state index is 0.00458. The second kappa shape index (κ2) is 3.58. The molecule has 2 rings (SSSR count). The van der Waals surface area contributed by atoms with E-state index in [1.54, 1.807) is 22.6 Å². The molecule has 0 spiro atoms. The Morgan fingerprint density at radius 1 is 1.46 bits per heavy atom. The van der Waals surface area contributed by atoms with Crippen LogP contribution in [0, 0.1) is 0 Å². The lowest BCUT2D eigenvalue weighted by Gasteiger charge is -2.02. The first-order valence-electron chi connectivity index (χ1n) is 4.18. The third-order valence-electron chi connectivity index (χ3n) is 2.25. The van der Waals surface area contributed by atoms with Gasteiger partial charge in [-0.1, -0.05) is 17.7 Å². The van der Waals surface area contributed by atoms with E-state index < -0.39 is 0 Å². The molecule has 13 heavy (non-hydrogen) atoms. The highest BCUT2D eigenvalue weighted by Gasteiger charge is 2.24. The van der Waals surface area contributed by atoms with Gasteiger partial charge in [-0.2, -0.15) is 0 Å². The molecule has 0 N–H and O–H groups in total. The number of benzene rings is 1. The zero-order valence-corrected chi connectivity index (χ0v) is 9.80. The van der Waals surface area contributed by atoms with Gasteiger partial charge in [0.2, 0.25) is 3.79 Å². The van der Waals surface area contributed by atoms with E-state index in [4.69, 9.17) is 11.6 Å². The van der Waals surface area contributed by atoms with Gasteiger partial charge in [-0.3, -0.25) is 4.79 Å². The SMILES string of the molecule is O=C(I)c1ccc(C2CC2)cc1Cl. The van der Waals surface area contributed by atoms with Gasteiger partial charge in [-0.15, -0.1) is 0 Å². The van der Waals surface area contributed by atoms with E-state index in [1.165, 1.54) is 18.4 Å². The number of hydrogen-bond acceptors (Lipinski definition) is 1. The second-order valence-corrected chi connectivity index (χ2v) is 4.67. The molecule has 0 unspecified atom stereocenters. The zero-order chi connectivity index (χ0) is 9.42. The van der Waals surface area contributed by atoms with Crippen LogP contribution in [0.3, 0.4) is 0 Å². The quantitative estimate of drug-likeness (QED) is 0.600. The highest BCUT2D eigenvalue weighted by molar-refractivity contribution is 14.1. The Bertz CT molecular complexity index is 358. The van der Waals surface area contributed by atoms with Crippen molar-refractivity contribution in [2.45, 2.75) is 18.8 Å². The Kier molecular flexibility index (Phi) is 2.60. The standard InChI is InChI=1S/C10H8ClIO/c11-9-5-7(6-1-2-6)3-4-8(9)10(12)13/h3-6H,1-2H2. The van der Waals surface area contributed by atoms with Gasteiger partial charge in [0.05, 0.1) is 5.02 Å². The molecule has 0 amide bonds. The summed E-state index contributed by atoms with van der Waals surface area (Å²) in [5.41, 5.74) is 1.89. The molecule has 1 aromatic carbocycles. The molecule has 1 aliphatic rings. The molecule has 0 aliphatic heterocycles. The van der Waals surface area contributed by atoms with Gasteiger partial charge in [0.15, 0.2) is 0 Å². The number of rotatable bonds is 2. The summed E-state index contributed by atoms with van der Waals surface area (Å²) < 4.78 is 0.00458. The van der Waals surface area contributed by atoms with Crippen molar-refractivity contribution >= 4 is 38.0 Å². The van der Waals surface area contributed by atoms with Crippen LogP contribution in [-0.4, -0.2) is 3.79 Å². The third-order valence-corrected chi connectivity index (χ3v) is 3.15. The fourth-order valence-electron chi connectivity index (χ4n) is 1.36. The lowest BCUT2D eigenvalue weighted by atomic mass is 10.1. The summed E-state index contributed by atoms with van der Waals surface area (Å²) in [6.07, 6.45) is 2.52. The van der Waals surface area contributed by atoms with Crippen molar-refractivity contribution in [3.8, 4) is 0 Å². The molecular weight excluding hydrogens is 298 g/mol. The van der Waals surface area contributed by atoms with Crippen molar-refractivity contribution < 1.29 is 4.79 Å². The Morgan fingerprint density at radius 3 is 2.62 bits per heavy atom. The summed E-state index contributed by atoms with van der Waals surface area (Å²) >= 11 is 7.73. The van der Waals surface area contributed by atoms with Crippen LogP contribution in [0.5, 0.6) is 0 Å². The highest BCUT2D eigenvalue weighted by Crippen LogP contribution is 2.41. The average Bonchev–Trinajstić information content (AvgIpc) is 2.85. The van der Waals surface area contributed by atoms with Crippen LogP contribution in [0.2, 0.25) is 5.02 Å². The minimum Gasteiger partial charge on any atom is -0.282 e. The lowest BCUT2D eigenvalue weighted by molar-refractivity contribution is 0.110. The molecule has 0 heterocycles. The average molecular weight is 307 g/mol. The van der Waals surface area contributed by atoms with Gasteiger partial charge in [-0.05, 0) is 36.5 Å². The summed E-state index contributed by atoms with van der Waals surface area (Å²) in [5, 5.41) is 0.587. The molecule has 1 aromatic rings. The van der Waals surface area contributed by atoms with Crippen LogP contribution >= 0.6 is 34.2 Å². The predicted molar refractivity (Wildman–Crippen MR) is 61.8 cm³/mol. The summed E-state index contributed by atoms with van der Waals surface area (Å²) in [4.78, 5) is 11.1.